The summed E-state index contributed by atoms with van der Waals surface area (Å²) in [6, 6.07) is 0. The fourth-order valence-corrected chi connectivity index (χ4v) is 0.600. The zero-order valence-corrected chi connectivity index (χ0v) is 8.01. The lowest BCUT2D eigenvalue weighted by Crippen LogP contribution is -2.26. The Bertz CT molecular complexity index is 258. The molecule has 0 aliphatic carbocycles. The van der Waals surface area contributed by atoms with E-state index in [4.69, 9.17) is 4.55 Å². The molecule has 0 aromatic carbocycles. The van der Waals surface area contributed by atoms with Gasteiger partial charge in [-0.1, -0.05) is 20.8 Å². The molecular weight excluding hydrogens is 184 g/mol. The average molecular weight is 196 g/mol. The topological polar surface area (TPSA) is 80.7 Å². The van der Waals surface area contributed by atoms with Crippen LogP contribution in [0.4, 0.5) is 0 Å². The van der Waals surface area contributed by atoms with Crippen LogP contribution in [-0.4, -0.2) is 25.4 Å². The standard InChI is InChI=1S/C6H12O5S/c1-6(2,3)5(7)4-11-12(8,9)10/h4H2,1-3H3,(H,8,9,10). The summed E-state index contributed by atoms with van der Waals surface area (Å²) < 4.78 is 32.1. The summed E-state index contributed by atoms with van der Waals surface area (Å²) >= 11 is 0. The lowest BCUT2D eigenvalue weighted by Gasteiger charge is -2.14. The highest BCUT2D eigenvalue weighted by molar-refractivity contribution is 7.80. The smallest absolute Gasteiger partial charge is 0.296 e. The highest BCUT2D eigenvalue weighted by Gasteiger charge is 2.22. The predicted octanol–water partition coefficient (Wildman–Crippen LogP) is 0.421. The highest BCUT2D eigenvalue weighted by atomic mass is 32.3. The minimum atomic E-state index is -4.50. The van der Waals surface area contributed by atoms with E-state index >= 15 is 0 Å². The van der Waals surface area contributed by atoms with Gasteiger partial charge in [0.15, 0.2) is 5.78 Å². The molecule has 0 saturated heterocycles. The molecule has 0 rings (SSSR count). The molecule has 0 aliphatic heterocycles. The minimum Gasteiger partial charge on any atom is -0.296 e. The molecule has 12 heavy (non-hydrogen) atoms. The number of ketones is 1. The van der Waals surface area contributed by atoms with Gasteiger partial charge in [0.05, 0.1) is 0 Å². The Kier molecular flexibility index (Phi) is 3.37. The zero-order chi connectivity index (χ0) is 9.99. The van der Waals surface area contributed by atoms with Crippen LogP contribution in [-0.2, 0) is 19.4 Å². The maximum Gasteiger partial charge on any atom is 0.397 e. The summed E-state index contributed by atoms with van der Waals surface area (Å²) in [4.78, 5) is 11.0. The van der Waals surface area contributed by atoms with Gasteiger partial charge in [0.2, 0.25) is 0 Å². The molecule has 0 fully saturated rings. The van der Waals surface area contributed by atoms with Crippen molar-refractivity contribution in [1.29, 1.82) is 0 Å². The zero-order valence-electron chi connectivity index (χ0n) is 7.20. The Hall–Kier alpha value is -0.460. The van der Waals surface area contributed by atoms with Gasteiger partial charge < -0.3 is 0 Å². The Morgan fingerprint density at radius 3 is 2.08 bits per heavy atom. The monoisotopic (exact) mass is 196 g/mol. The number of hydrogen-bond acceptors (Lipinski definition) is 4. The number of carbonyl (C=O) groups is 1. The van der Waals surface area contributed by atoms with Crippen molar-refractivity contribution in [1.82, 2.24) is 0 Å². The first kappa shape index (κ1) is 11.5. The lowest BCUT2D eigenvalue weighted by molar-refractivity contribution is -0.128. The first-order chi connectivity index (χ1) is 5.13. The van der Waals surface area contributed by atoms with E-state index < -0.39 is 22.4 Å². The molecule has 0 aromatic heterocycles. The van der Waals surface area contributed by atoms with Crippen LogP contribution in [0.1, 0.15) is 20.8 Å². The molecule has 0 aliphatic rings. The number of Topliss-reactive ketones (excluding diaryl/α,β-unsaturated/α-hetero) is 1. The van der Waals surface area contributed by atoms with E-state index in [9.17, 15) is 13.2 Å². The van der Waals surface area contributed by atoms with Crippen molar-refractivity contribution >= 4 is 16.2 Å². The highest BCUT2D eigenvalue weighted by Crippen LogP contribution is 2.14. The Morgan fingerprint density at radius 1 is 1.42 bits per heavy atom. The maximum absolute atomic E-state index is 11.0. The van der Waals surface area contributed by atoms with E-state index in [0.717, 1.165) is 0 Å². The summed E-state index contributed by atoms with van der Waals surface area (Å²) in [6.45, 7) is 4.26. The average Bonchev–Trinajstić information content (AvgIpc) is 1.78. The molecule has 0 bridgehead atoms. The number of carbonyl (C=O) groups excluding carboxylic acids is 1. The molecule has 0 radical (unpaired) electrons. The fourth-order valence-electron chi connectivity index (χ4n) is 0.344. The van der Waals surface area contributed by atoms with Gasteiger partial charge in [-0.05, 0) is 0 Å². The second-order valence-electron chi connectivity index (χ2n) is 3.36. The number of rotatable bonds is 3. The third-order valence-electron chi connectivity index (χ3n) is 1.18. The largest absolute Gasteiger partial charge is 0.397 e. The third kappa shape index (κ3) is 5.22. The Morgan fingerprint density at radius 2 is 1.83 bits per heavy atom. The van der Waals surface area contributed by atoms with E-state index in [-0.39, 0.29) is 5.78 Å². The second-order valence-corrected chi connectivity index (χ2v) is 4.45. The van der Waals surface area contributed by atoms with E-state index in [2.05, 4.69) is 4.18 Å². The van der Waals surface area contributed by atoms with E-state index in [1.807, 2.05) is 0 Å². The normalized spacial score (nSPS) is 13.0. The van der Waals surface area contributed by atoms with Crippen molar-refractivity contribution in [2.45, 2.75) is 20.8 Å². The molecular formula is C6H12O5S. The summed E-state index contributed by atoms with van der Waals surface area (Å²) in [5, 5.41) is 0. The number of hydrogen-bond donors (Lipinski definition) is 1. The first-order valence-electron chi connectivity index (χ1n) is 3.28. The van der Waals surface area contributed by atoms with Gasteiger partial charge in [0.1, 0.15) is 6.61 Å². The SMILES string of the molecule is CC(C)(C)C(=O)COS(=O)(=O)O. The molecule has 0 unspecified atom stereocenters. The van der Waals surface area contributed by atoms with Crippen LogP contribution in [0.3, 0.4) is 0 Å². The van der Waals surface area contributed by atoms with Crippen molar-refractivity contribution in [3.05, 3.63) is 0 Å². The quantitative estimate of drug-likeness (QED) is 0.661. The second kappa shape index (κ2) is 3.51. The summed E-state index contributed by atoms with van der Waals surface area (Å²) in [6.07, 6.45) is 0. The van der Waals surface area contributed by atoms with Crippen molar-refractivity contribution in [2.75, 3.05) is 6.61 Å². The van der Waals surface area contributed by atoms with Gasteiger partial charge in [0, 0.05) is 5.41 Å². The molecule has 0 amide bonds. The first-order valence-corrected chi connectivity index (χ1v) is 4.64. The molecule has 1 N–H and O–H groups in total. The Labute approximate surface area is 71.7 Å². The van der Waals surface area contributed by atoms with Crippen LogP contribution >= 0.6 is 0 Å². The molecule has 72 valence electrons. The predicted molar refractivity (Wildman–Crippen MR) is 42.0 cm³/mol. The van der Waals surface area contributed by atoms with Crippen LogP contribution in [0.5, 0.6) is 0 Å². The molecule has 0 saturated carbocycles. The van der Waals surface area contributed by atoms with Crippen LogP contribution in [0.15, 0.2) is 0 Å². The van der Waals surface area contributed by atoms with Crippen LogP contribution in [0, 0.1) is 5.41 Å². The molecule has 0 heterocycles. The minimum absolute atomic E-state index is 0.389. The third-order valence-corrected chi connectivity index (χ3v) is 1.59. The van der Waals surface area contributed by atoms with Crippen LogP contribution in [0.2, 0.25) is 0 Å². The van der Waals surface area contributed by atoms with Gasteiger partial charge in [-0.15, -0.1) is 0 Å². The van der Waals surface area contributed by atoms with Crippen molar-refractivity contribution in [3.63, 3.8) is 0 Å². The van der Waals surface area contributed by atoms with Crippen molar-refractivity contribution in [2.24, 2.45) is 5.41 Å². The fraction of sp³-hybridized carbons (Fsp3) is 0.833. The van der Waals surface area contributed by atoms with Gasteiger partial charge in [-0.3, -0.25) is 9.35 Å². The molecule has 5 nitrogen and oxygen atoms in total. The van der Waals surface area contributed by atoms with Gasteiger partial charge in [-0.2, -0.15) is 8.42 Å². The summed E-state index contributed by atoms with van der Waals surface area (Å²) in [5.41, 5.74) is -0.662. The molecule has 6 heteroatoms. The summed E-state index contributed by atoms with van der Waals surface area (Å²) in [7, 11) is -4.50. The Balaban J connectivity index is 4.07. The van der Waals surface area contributed by atoms with Gasteiger partial charge >= 0.3 is 10.4 Å². The summed E-state index contributed by atoms with van der Waals surface area (Å²) in [5.74, 6) is -0.389. The van der Waals surface area contributed by atoms with Gasteiger partial charge in [-0.25, -0.2) is 4.18 Å². The lowest BCUT2D eigenvalue weighted by atomic mass is 9.91. The van der Waals surface area contributed by atoms with E-state index in [0.29, 0.717) is 0 Å². The van der Waals surface area contributed by atoms with E-state index in [1.54, 1.807) is 20.8 Å². The van der Waals surface area contributed by atoms with Crippen molar-refractivity contribution in [3.8, 4) is 0 Å². The van der Waals surface area contributed by atoms with Crippen LogP contribution in [0.25, 0.3) is 0 Å². The molecule has 0 spiro atoms. The van der Waals surface area contributed by atoms with Crippen LogP contribution < -0.4 is 0 Å². The molecule has 0 aromatic rings. The van der Waals surface area contributed by atoms with E-state index in [1.165, 1.54) is 0 Å². The molecule has 0 atom stereocenters. The van der Waals surface area contributed by atoms with Gasteiger partial charge in [0.25, 0.3) is 0 Å². The van der Waals surface area contributed by atoms with Crippen molar-refractivity contribution < 1.29 is 21.9 Å². The maximum atomic E-state index is 11.0.